The Kier molecular flexibility index (Phi) is 4.05. The summed E-state index contributed by atoms with van der Waals surface area (Å²) in [6.07, 6.45) is 0. The van der Waals surface area contributed by atoms with Gasteiger partial charge in [-0.3, -0.25) is 4.79 Å². The third-order valence-electron chi connectivity index (χ3n) is 3.07. The van der Waals surface area contributed by atoms with Gasteiger partial charge in [0.05, 0.1) is 0 Å². The quantitative estimate of drug-likeness (QED) is 0.752. The molecule has 0 aliphatic rings. The molecule has 0 aliphatic carbocycles. The maximum Gasteiger partial charge on any atom is 0.336 e. The molecule has 0 aliphatic heterocycles. The van der Waals surface area contributed by atoms with Gasteiger partial charge in [-0.2, -0.15) is 0 Å². The molecule has 0 saturated carbocycles. The molecule has 5 nitrogen and oxygen atoms in total. The van der Waals surface area contributed by atoms with Crippen LogP contribution in [0.3, 0.4) is 0 Å². The normalized spacial score (nSPS) is 10.5. The van der Waals surface area contributed by atoms with E-state index in [1.807, 2.05) is 0 Å². The molecule has 0 unspecified atom stereocenters. The summed E-state index contributed by atoms with van der Waals surface area (Å²) in [6, 6.07) is 13.5. The van der Waals surface area contributed by atoms with E-state index < -0.39 is 17.3 Å². The lowest BCUT2D eigenvalue weighted by Crippen LogP contribution is -2.20. The molecule has 1 N–H and O–H groups in total. The topological polar surface area (TPSA) is 68.5 Å². The summed E-state index contributed by atoms with van der Waals surface area (Å²) in [5.74, 6) is -0.472. The molecule has 1 aromatic heterocycles. The van der Waals surface area contributed by atoms with Crippen LogP contribution in [-0.2, 0) is 4.79 Å². The largest absolute Gasteiger partial charge is 0.484 e. The third kappa shape index (κ3) is 3.74. The molecule has 0 radical (unpaired) electrons. The Morgan fingerprint density at radius 1 is 1.13 bits per heavy atom. The second kappa shape index (κ2) is 6.31. The number of halogens is 1. The molecule has 0 spiro atoms. The first-order chi connectivity index (χ1) is 11.1. The smallest absolute Gasteiger partial charge is 0.336 e. The summed E-state index contributed by atoms with van der Waals surface area (Å²) in [5, 5.41) is 3.27. The Balaban J connectivity index is 1.65. The van der Waals surface area contributed by atoms with Gasteiger partial charge in [-0.25, -0.2) is 9.18 Å². The molecular weight excluding hydrogens is 301 g/mol. The Morgan fingerprint density at radius 2 is 1.96 bits per heavy atom. The lowest BCUT2D eigenvalue weighted by atomic mass is 10.2. The van der Waals surface area contributed by atoms with Crippen LogP contribution in [0.15, 0.2) is 63.8 Å². The van der Waals surface area contributed by atoms with Crippen molar-refractivity contribution in [2.45, 2.75) is 0 Å². The molecule has 3 rings (SSSR count). The number of carbonyl (C=O) groups is 1. The van der Waals surface area contributed by atoms with Crippen LogP contribution < -0.4 is 15.7 Å². The number of hydrogen-bond donors (Lipinski definition) is 1. The van der Waals surface area contributed by atoms with E-state index >= 15 is 0 Å². The molecule has 0 saturated heterocycles. The minimum absolute atomic E-state index is 0.251. The van der Waals surface area contributed by atoms with Crippen LogP contribution in [0.2, 0.25) is 0 Å². The number of anilines is 1. The molecule has 3 aromatic rings. The number of amides is 1. The van der Waals surface area contributed by atoms with Crippen molar-refractivity contribution in [1.29, 1.82) is 0 Å². The van der Waals surface area contributed by atoms with Crippen molar-refractivity contribution in [3.8, 4) is 5.75 Å². The highest BCUT2D eigenvalue weighted by molar-refractivity contribution is 5.91. The third-order valence-corrected chi connectivity index (χ3v) is 3.07. The van der Waals surface area contributed by atoms with Crippen molar-refractivity contribution in [3.63, 3.8) is 0 Å². The SMILES string of the molecule is O=C(COc1ccc2ccc(=O)oc2c1)Nc1cccc(F)c1. The maximum atomic E-state index is 13.0. The number of fused-ring (bicyclic) bond motifs is 1. The molecule has 0 fully saturated rings. The van der Waals surface area contributed by atoms with E-state index in [-0.39, 0.29) is 6.61 Å². The zero-order chi connectivity index (χ0) is 16.2. The first-order valence-electron chi connectivity index (χ1n) is 6.82. The van der Waals surface area contributed by atoms with E-state index in [1.165, 1.54) is 30.3 Å². The highest BCUT2D eigenvalue weighted by Gasteiger charge is 2.06. The number of benzene rings is 2. The predicted molar refractivity (Wildman–Crippen MR) is 83.0 cm³/mol. The summed E-state index contributed by atoms with van der Waals surface area (Å²) in [4.78, 5) is 23.0. The van der Waals surface area contributed by atoms with E-state index in [0.29, 0.717) is 17.0 Å². The van der Waals surface area contributed by atoms with Crippen LogP contribution in [0.25, 0.3) is 11.0 Å². The van der Waals surface area contributed by atoms with Crippen LogP contribution >= 0.6 is 0 Å². The zero-order valence-electron chi connectivity index (χ0n) is 11.9. The summed E-state index contributed by atoms with van der Waals surface area (Å²) >= 11 is 0. The lowest BCUT2D eigenvalue weighted by molar-refractivity contribution is -0.118. The predicted octanol–water partition coefficient (Wildman–Crippen LogP) is 2.95. The van der Waals surface area contributed by atoms with Crippen molar-refractivity contribution in [2.24, 2.45) is 0 Å². The Morgan fingerprint density at radius 3 is 2.78 bits per heavy atom. The van der Waals surface area contributed by atoms with E-state index in [2.05, 4.69) is 5.32 Å². The lowest BCUT2D eigenvalue weighted by Gasteiger charge is -2.08. The van der Waals surface area contributed by atoms with Crippen LogP contribution in [0, 0.1) is 5.82 Å². The van der Waals surface area contributed by atoms with Crippen molar-refractivity contribution in [3.05, 3.63) is 70.8 Å². The standard InChI is InChI=1S/C17H12FNO4/c18-12-2-1-3-13(8-12)19-16(20)10-22-14-6-4-11-5-7-17(21)23-15(11)9-14/h1-9H,10H2,(H,19,20). The van der Waals surface area contributed by atoms with Gasteiger partial charge in [-0.1, -0.05) is 6.07 Å². The maximum absolute atomic E-state index is 13.0. The minimum atomic E-state index is -0.460. The number of rotatable bonds is 4. The van der Waals surface area contributed by atoms with E-state index in [1.54, 1.807) is 24.3 Å². The van der Waals surface area contributed by atoms with Gasteiger partial charge in [0.25, 0.3) is 5.91 Å². The van der Waals surface area contributed by atoms with Gasteiger partial charge in [0.2, 0.25) is 0 Å². The molecule has 1 heterocycles. The summed E-state index contributed by atoms with van der Waals surface area (Å²) in [7, 11) is 0. The van der Waals surface area contributed by atoms with Crippen molar-refractivity contribution >= 4 is 22.6 Å². The fourth-order valence-electron chi connectivity index (χ4n) is 2.04. The average Bonchev–Trinajstić information content (AvgIpc) is 2.52. The van der Waals surface area contributed by atoms with Crippen molar-refractivity contribution in [1.82, 2.24) is 0 Å². The van der Waals surface area contributed by atoms with E-state index in [4.69, 9.17) is 9.15 Å². The minimum Gasteiger partial charge on any atom is -0.484 e. The monoisotopic (exact) mass is 313 g/mol. The molecule has 2 aromatic carbocycles. The van der Waals surface area contributed by atoms with Gasteiger partial charge in [-0.05, 0) is 36.4 Å². The molecule has 23 heavy (non-hydrogen) atoms. The average molecular weight is 313 g/mol. The van der Waals surface area contributed by atoms with E-state index in [9.17, 15) is 14.0 Å². The van der Waals surface area contributed by atoms with Gasteiger partial charge >= 0.3 is 5.63 Å². The fraction of sp³-hybridized carbons (Fsp3) is 0.0588. The van der Waals surface area contributed by atoms with Crippen molar-refractivity contribution < 1.29 is 18.3 Å². The highest BCUT2D eigenvalue weighted by atomic mass is 19.1. The second-order valence-corrected chi connectivity index (χ2v) is 4.80. The molecule has 6 heteroatoms. The Labute approximate surface area is 130 Å². The van der Waals surface area contributed by atoms with Gasteiger partial charge in [0, 0.05) is 23.2 Å². The van der Waals surface area contributed by atoms with Crippen LogP contribution in [0.5, 0.6) is 5.75 Å². The molecular formula is C17H12FNO4. The van der Waals surface area contributed by atoms with Gasteiger partial charge < -0.3 is 14.5 Å². The number of hydrogen-bond acceptors (Lipinski definition) is 4. The number of nitrogens with one attached hydrogen (secondary N) is 1. The number of carbonyl (C=O) groups excluding carboxylic acids is 1. The summed E-state index contributed by atoms with van der Waals surface area (Å²) < 4.78 is 23.4. The first-order valence-corrected chi connectivity index (χ1v) is 6.82. The molecule has 0 atom stereocenters. The van der Waals surface area contributed by atoms with Crippen LogP contribution in [0.4, 0.5) is 10.1 Å². The van der Waals surface area contributed by atoms with Gasteiger partial charge in [-0.15, -0.1) is 0 Å². The van der Waals surface area contributed by atoms with E-state index in [0.717, 1.165) is 5.39 Å². The van der Waals surface area contributed by atoms with Crippen LogP contribution in [-0.4, -0.2) is 12.5 Å². The Hall–Kier alpha value is -3.15. The highest BCUT2D eigenvalue weighted by Crippen LogP contribution is 2.19. The fourth-order valence-corrected chi connectivity index (χ4v) is 2.04. The Bertz CT molecular complexity index is 920. The van der Waals surface area contributed by atoms with Crippen molar-refractivity contribution in [2.75, 3.05) is 11.9 Å². The van der Waals surface area contributed by atoms with Crippen LogP contribution in [0.1, 0.15) is 0 Å². The first kappa shape index (κ1) is 14.8. The molecule has 0 bridgehead atoms. The second-order valence-electron chi connectivity index (χ2n) is 4.80. The molecule has 116 valence electrons. The summed E-state index contributed by atoms with van der Waals surface area (Å²) in [6.45, 7) is -0.251. The van der Waals surface area contributed by atoms with Gasteiger partial charge in [0.1, 0.15) is 17.1 Å². The molecule has 1 amide bonds. The van der Waals surface area contributed by atoms with Gasteiger partial charge in [0.15, 0.2) is 6.61 Å². The zero-order valence-corrected chi connectivity index (χ0v) is 11.9. The number of ether oxygens (including phenoxy) is 1. The summed E-state index contributed by atoms with van der Waals surface area (Å²) in [5.41, 5.74) is 0.266.